The monoisotopic (exact) mass is 385 g/mol. The summed E-state index contributed by atoms with van der Waals surface area (Å²) in [4.78, 5) is 2.21. The lowest BCUT2D eigenvalue weighted by Gasteiger charge is -2.16. The van der Waals surface area contributed by atoms with Crippen LogP contribution in [0.5, 0.6) is 5.75 Å². The van der Waals surface area contributed by atoms with Gasteiger partial charge in [0, 0.05) is 37.5 Å². The molecule has 2 aromatic carbocycles. The normalized spacial score (nSPS) is 11.1. The van der Waals surface area contributed by atoms with Crippen LogP contribution in [-0.4, -0.2) is 49.1 Å². The van der Waals surface area contributed by atoms with E-state index in [-0.39, 0.29) is 0 Å². The van der Waals surface area contributed by atoms with Gasteiger partial charge in [-0.1, -0.05) is 29.8 Å². The van der Waals surface area contributed by atoms with Crippen molar-refractivity contribution in [1.82, 2.24) is 14.7 Å². The SMILES string of the molecule is COCCN(C)Cc1cn(-c2ccc(OC)cc2)nc1-c1ccccc1Cl. The Labute approximate surface area is 165 Å². The first kappa shape index (κ1) is 19.4. The summed E-state index contributed by atoms with van der Waals surface area (Å²) in [6.45, 7) is 2.27. The van der Waals surface area contributed by atoms with Crippen molar-refractivity contribution in [2.75, 3.05) is 34.4 Å². The molecule has 0 saturated carbocycles. The number of ether oxygens (including phenoxy) is 2. The van der Waals surface area contributed by atoms with Crippen LogP contribution in [0.2, 0.25) is 5.02 Å². The van der Waals surface area contributed by atoms with E-state index in [2.05, 4.69) is 18.1 Å². The predicted molar refractivity (Wildman–Crippen MR) is 109 cm³/mol. The number of benzene rings is 2. The van der Waals surface area contributed by atoms with Gasteiger partial charge < -0.3 is 9.47 Å². The topological polar surface area (TPSA) is 39.5 Å². The van der Waals surface area contributed by atoms with Gasteiger partial charge in [0.05, 0.1) is 30.1 Å². The molecule has 0 amide bonds. The number of aromatic nitrogens is 2. The Kier molecular flexibility index (Phi) is 6.50. The quantitative estimate of drug-likeness (QED) is 0.580. The van der Waals surface area contributed by atoms with Crippen LogP contribution in [0.1, 0.15) is 5.56 Å². The van der Waals surface area contributed by atoms with E-state index in [1.54, 1.807) is 14.2 Å². The fourth-order valence-corrected chi connectivity index (χ4v) is 3.11. The molecule has 1 heterocycles. The highest BCUT2D eigenvalue weighted by Gasteiger charge is 2.16. The molecule has 3 aromatic rings. The fourth-order valence-electron chi connectivity index (χ4n) is 2.89. The second-order valence-corrected chi connectivity index (χ2v) is 6.76. The predicted octanol–water partition coefficient (Wildman–Crippen LogP) is 4.28. The zero-order chi connectivity index (χ0) is 19.2. The number of halogens is 1. The maximum atomic E-state index is 6.45. The third-order valence-corrected chi connectivity index (χ3v) is 4.70. The summed E-state index contributed by atoms with van der Waals surface area (Å²) < 4.78 is 12.3. The number of nitrogens with zero attached hydrogens (tertiary/aromatic N) is 3. The van der Waals surface area contributed by atoms with Crippen LogP contribution in [0.4, 0.5) is 0 Å². The standard InChI is InChI=1S/C21H24ClN3O2/c1-24(12-13-26-2)14-16-15-25(17-8-10-18(27-3)11-9-17)23-21(16)19-6-4-5-7-20(19)22/h4-11,15H,12-14H2,1-3H3. The van der Waals surface area contributed by atoms with Crippen molar-refractivity contribution < 1.29 is 9.47 Å². The van der Waals surface area contributed by atoms with Gasteiger partial charge in [0.2, 0.25) is 0 Å². The zero-order valence-corrected chi connectivity index (χ0v) is 16.6. The lowest BCUT2D eigenvalue weighted by atomic mass is 10.1. The lowest BCUT2D eigenvalue weighted by Crippen LogP contribution is -2.22. The van der Waals surface area contributed by atoms with Crippen molar-refractivity contribution in [3.8, 4) is 22.7 Å². The van der Waals surface area contributed by atoms with E-state index in [1.807, 2.05) is 53.2 Å². The van der Waals surface area contributed by atoms with Crippen LogP contribution in [0.25, 0.3) is 16.9 Å². The zero-order valence-electron chi connectivity index (χ0n) is 15.9. The molecule has 1 aromatic heterocycles. The minimum atomic E-state index is 0.685. The van der Waals surface area contributed by atoms with E-state index in [0.717, 1.165) is 41.3 Å². The molecular weight excluding hydrogens is 362 g/mol. The molecule has 0 radical (unpaired) electrons. The molecule has 0 aliphatic carbocycles. The minimum absolute atomic E-state index is 0.685. The van der Waals surface area contributed by atoms with Gasteiger partial charge in [-0.05, 0) is 37.4 Å². The van der Waals surface area contributed by atoms with Crippen LogP contribution >= 0.6 is 11.6 Å². The molecule has 142 valence electrons. The van der Waals surface area contributed by atoms with E-state index in [1.165, 1.54) is 0 Å². The van der Waals surface area contributed by atoms with Gasteiger partial charge in [0.1, 0.15) is 5.75 Å². The van der Waals surface area contributed by atoms with Gasteiger partial charge in [-0.2, -0.15) is 5.10 Å². The van der Waals surface area contributed by atoms with Gasteiger partial charge in [0.25, 0.3) is 0 Å². The Hall–Kier alpha value is -2.34. The summed E-state index contributed by atoms with van der Waals surface area (Å²) >= 11 is 6.45. The molecule has 5 nitrogen and oxygen atoms in total. The van der Waals surface area contributed by atoms with Gasteiger partial charge in [-0.3, -0.25) is 4.90 Å². The minimum Gasteiger partial charge on any atom is -0.497 e. The number of rotatable bonds is 8. The van der Waals surface area contributed by atoms with Gasteiger partial charge in [-0.15, -0.1) is 0 Å². The average molecular weight is 386 g/mol. The van der Waals surface area contributed by atoms with Crippen molar-refractivity contribution in [3.05, 3.63) is 65.3 Å². The van der Waals surface area contributed by atoms with Crippen molar-refractivity contribution in [2.45, 2.75) is 6.54 Å². The van der Waals surface area contributed by atoms with Crippen LogP contribution in [0, 0.1) is 0 Å². The van der Waals surface area contributed by atoms with Crippen LogP contribution in [0.3, 0.4) is 0 Å². The molecule has 0 N–H and O–H groups in total. The van der Waals surface area contributed by atoms with E-state index in [0.29, 0.717) is 11.6 Å². The molecule has 0 fully saturated rings. The lowest BCUT2D eigenvalue weighted by molar-refractivity contribution is 0.158. The van der Waals surface area contributed by atoms with Crippen LogP contribution in [0.15, 0.2) is 54.7 Å². The summed E-state index contributed by atoms with van der Waals surface area (Å²) in [5, 5.41) is 5.53. The molecule has 0 unspecified atom stereocenters. The van der Waals surface area contributed by atoms with Crippen molar-refractivity contribution in [1.29, 1.82) is 0 Å². The molecule has 0 aliphatic heterocycles. The maximum absolute atomic E-state index is 6.45. The Balaban J connectivity index is 1.98. The highest BCUT2D eigenvalue weighted by atomic mass is 35.5. The van der Waals surface area contributed by atoms with Gasteiger partial charge in [0.15, 0.2) is 0 Å². The maximum Gasteiger partial charge on any atom is 0.119 e. The number of hydrogen-bond acceptors (Lipinski definition) is 4. The van der Waals surface area contributed by atoms with E-state index in [9.17, 15) is 0 Å². The molecule has 0 aliphatic rings. The molecule has 0 spiro atoms. The Bertz CT molecular complexity index is 877. The molecule has 3 rings (SSSR count). The Morgan fingerprint density at radius 3 is 2.48 bits per heavy atom. The second-order valence-electron chi connectivity index (χ2n) is 6.36. The van der Waals surface area contributed by atoms with Crippen LogP contribution in [-0.2, 0) is 11.3 Å². The summed E-state index contributed by atoms with van der Waals surface area (Å²) in [5.74, 6) is 0.816. The summed E-state index contributed by atoms with van der Waals surface area (Å²) in [6.07, 6.45) is 2.06. The highest BCUT2D eigenvalue weighted by Crippen LogP contribution is 2.30. The molecule has 0 atom stereocenters. The third-order valence-electron chi connectivity index (χ3n) is 4.37. The van der Waals surface area contributed by atoms with Gasteiger partial charge in [-0.25, -0.2) is 4.68 Å². The first-order valence-electron chi connectivity index (χ1n) is 8.77. The van der Waals surface area contributed by atoms with E-state index in [4.69, 9.17) is 26.2 Å². The first-order valence-corrected chi connectivity index (χ1v) is 9.15. The Morgan fingerprint density at radius 2 is 1.81 bits per heavy atom. The third kappa shape index (κ3) is 4.69. The van der Waals surface area contributed by atoms with Crippen molar-refractivity contribution in [2.24, 2.45) is 0 Å². The number of methoxy groups -OCH3 is 2. The highest BCUT2D eigenvalue weighted by molar-refractivity contribution is 6.33. The summed E-state index contributed by atoms with van der Waals surface area (Å²) in [6, 6.07) is 15.6. The number of hydrogen-bond donors (Lipinski definition) is 0. The van der Waals surface area contributed by atoms with Crippen LogP contribution < -0.4 is 4.74 Å². The molecular formula is C21H24ClN3O2. The molecule has 27 heavy (non-hydrogen) atoms. The van der Waals surface area contributed by atoms with Crippen molar-refractivity contribution >= 4 is 11.6 Å². The van der Waals surface area contributed by atoms with E-state index >= 15 is 0 Å². The average Bonchev–Trinajstić information content (AvgIpc) is 3.10. The Morgan fingerprint density at radius 1 is 1.07 bits per heavy atom. The summed E-state index contributed by atoms with van der Waals surface area (Å²) in [5.41, 5.74) is 3.90. The molecule has 6 heteroatoms. The van der Waals surface area contributed by atoms with Crippen molar-refractivity contribution in [3.63, 3.8) is 0 Å². The second kappa shape index (κ2) is 9.04. The first-order chi connectivity index (χ1) is 13.1. The molecule has 0 bridgehead atoms. The van der Waals surface area contributed by atoms with E-state index < -0.39 is 0 Å². The molecule has 0 saturated heterocycles. The van der Waals surface area contributed by atoms with Gasteiger partial charge >= 0.3 is 0 Å². The summed E-state index contributed by atoms with van der Waals surface area (Å²) in [7, 11) is 5.44. The smallest absolute Gasteiger partial charge is 0.119 e. The number of likely N-dealkylation sites (N-methyl/N-ethyl adjacent to an activating group) is 1. The fraction of sp³-hybridized carbons (Fsp3) is 0.286. The largest absolute Gasteiger partial charge is 0.497 e.